The van der Waals surface area contributed by atoms with Crippen LogP contribution in [0.4, 0.5) is 0 Å². The second-order valence-electron chi connectivity index (χ2n) is 5.98. The van der Waals surface area contributed by atoms with Crippen molar-refractivity contribution in [1.82, 2.24) is 9.55 Å². The SMILES string of the molecule is CCC(N)c1nc2cc(C)c(C)cc2n1Cc1ccccc1. The smallest absolute Gasteiger partial charge is 0.127 e. The van der Waals surface area contributed by atoms with Gasteiger partial charge in [0, 0.05) is 6.54 Å². The Balaban J connectivity index is 2.17. The van der Waals surface area contributed by atoms with Gasteiger partial charge in [0.15, 0.2) is 0 Å². The summed E-state index contributed by atoms with van der Waals surface area (Å²) < 4.78 is 2.27. The molecule has 0 saturated carbocycles. The molecule has 22 heavy (non-hydrogen) atoms. The lowest BCUT2D eigenvalue weighted by atomic mass is 10.1. The van der Waals surface area contributed by atoms with E-state index in [-0.39, 0.29) is 6.04 Å². The highest BCUT2D eigenvalue weighted by molar-refractivity contribution is 5.78. The number of benzene rings is 2. The van der Waals surface area contributed by atoms with Crippen molar-refractivity contribution < 1.29 is 0 Å². The number of fused-ring (bicyclic) bond motifs is 1. The summed E-state index contributed by atoms with van der Waals surface area (Å²) in [5.41, 5.74) is 12.3. The zero-order valence-corrected chi connectivity index (χ0v) is 13.5. The van der Waals surface area contributed by atoms with Crippen LogP contribution in [-0.2, 0) is 6.54 Å². The molecule has 3 aromatic rings. The predicted octanol–water partition coefficient (Wildman–Crippen LogP) is 4.11. The standard InChI is InChI=1S/C19H23N3/c1-4-16(20)19-21-17-10-13(2)14(3)11-18(17)22(19)12-15-8-6-5-7-9-15/h5-11,16H,4,12,20H2,1-3H3. The van der Waals surface area contributed by atoms with E-state index in [1.807, 2.05) is 6.07 Å². The Morgan fingerprint density at radius 3 is 2.45 bits per heavy atom. The van der Waals surface area contributed by atoms with Crippen molar-refractivity contribution in [1.29, 1.82) is 0 Å². The van der Waals surface area contributed by atoms with Crippen molar-refractivity contribution in [2.45, 2.75) is 39.8 Å². The first-order valence-corrected chi connectivity index (χ1v) is 7.87. The van der Waals surface area contributed by atoms with Gasteiger partial charge in [0.05, 0.1) is 17.1 Å². The number of nitrogens with two attached hydrogens (primary N) is 1. The van der Waals surface area contributed by atoms with Gasteiger partial charge in [0.1, 0.15) is 5.82 Å². The van der Waals surface area contributed by atoms with Gasteiger partial charge in [-0.05, 0) is 49.1 Å². The maximum atomic E-state index is 6.31. The Hall–Kier alpha value is -2.13. The molecule has 1 unspecified atom stereocenters. The van der Waals surface area contributed by atoms with Gasteiger partial charge in [-0.25, -0.2) is 4.98 Å². The van der Waals surface area contributed by atoms with Gasteiger partial charge in [0.25, 0.3) is 0 Å². The molecule has 2 aromatic carbocycles. The molecular formula is C19H23N3. The summed E-state index contributed by atoms with van der Waals surface area (Å²) in [6.07, 6.45) is 0.885. The van der Waals surface area contributed by atoms with Gasteiger partial charge < -0.3 is 10.3 Å². The van der Waals surface area contributed by atoms with Gasteiger partial charge in [-0.15, -0.1) is 0 Å². The number of hydrogen-bond acceptors (Lipinski definition) is 2. The van der Waals surface area contributed by atoms with Crippen LogP contribution in [0.2, 0.25) is 0 Å². The second-order valence-corrected chi connectivity index (χ2v) is 5.98. The summed E-state index contributed by atoms with van der Waals surface area (Å²) in [7, 11) is 0. The topological polar surface area (TPSA) is 43.8 Å². The van der Waals surface area contributed by atoms with E-state index in [4.69, 9.17) is 10.7 Å². The summed E-state index contributed by atoms with van der Waals surface area (Å²) >= 11 is 0. The van der Waals surface area contributed by atoms with E-state index in [9.17, 15) is 0 Å². The number of nitrogens with zero attached hydrogens (tertiary/aromatic N) is 2. The van der Waals surface area contributed by atoms with E-state index in [0.29, 0.717) is 0 Å². The molecule has 1 heterocycles. The maximum Gasteiger partial charge on any atom is 0.127 e. The molecule has 0 spiro atoms. The van der Waals surface area contributed by atoms with E-state index in [0.717, 1.165) is 24.3 Å². The molecule has 0 fully saturated rings. The highest BCUT2D eigenvalue weighted by atomic mass is 15.1. The number of rotatable bonds is 4. The monoisotopic (exact) mass is 293 g/mol. The van der Waals surface area contributed by atoms with E-state index in [2.05, 4.69) is 61.7 Å². The highest BCUT2D eigenvalue weighted by Crippen LogP contribution is 2.25. The minimum atomic E-state index is -0.0308. The van der Waals surface area contributed by atoms with Crippen molar-refractivity contribution in [2.75, 3.05) is 0 Å². The summed E-state index contributed by atoms with van der Waals surface area (Å²) in [5.74, 6) is 0.978. The molecular weight excluding hydrogens is 270 g/mol. The minimum Gasteiger partial charge on any atom is -0.322 e. The number of aromatic nitrogens is 2. The molecule has 0 radical (unpaired) electrons. The molecule has 0 saturated heterocycles. The quantitative estimate of drug-likeness (QED) is 0.786. The van der Waals surface area contributed by atoms with E-state index in [1.54, 1.807) is 0 Å². The lowest BCUT2D eigenvalue weighted by molar-refractivity contribution is 0.605. The average Bonchev–Trinajstić information content (AvgIpc) is 2.86. The fourth-order valence-electron chi connectivity index (χ4n) is 2.80. The zero-order valence-electron chi connectivity index (χ0n) is 13.5. The highest BCUT2D eigenvalue weighted by Gasteiger charge is 2.16. The van der Waals surface area contributed by atoms with Crippen LogP contribution < -0.4 is 5.73 Å². The summed E-state index contributed by atoms with van der Waals surface area (Å²) in [5, 5.41) is 0. The van der Waals surface area contributed by atoms with Crippen LogP contribution in [-0.4, -0.2) is 9.55 Å². The molecule has 0 aliphatic rings. The van der Waals surface area contributed by atoms with Crippen molar-refractivity contribution >= 4 is 11.0 Å². The number of hydrogen-bond donors (Lipinski definition) is 1. The van der Waals surface area contributed by atoms with Crippen molar-refractivity contribution in [3.63, 3.8) is 0 Å². The Kier molecular flexibility index (Phi) is 3.99. The first kappa shape index (κ1) is 14.8. The average molecular weight is 293 g/mol. The molecule has 3 nitrogen and oxygen atoms in total. The summed E-state index contributed by atoms with van der Waals surface area (Å²) in [6, 6.07) is 14.8. The molecule has 3 rings (SSSR count). The molecule has 0 aliphatic heterocycles. The Labute approximate surface area is 131 Å². The third-order valence-electron chi connectivity index (χ3n) is 4.35. The molecule has 0 bridgehead atoms. The van der Waals surface area contributed by atoms with Gasteiger partial charge in [-0.3, -0.25) is 0 Å². The van der Waals surface area contributed by atoms with Crippen molar-refractivity contribution in [2.24, 2.45) is 5.73 Å². The van der Waals surface area contributed by atoms with Gasteiger partial charge in [-0.1, -0.05) is 37.3 Å². The normalized spacial score (nSPS) is 12.7. The second kappa shape index (κ2) is 5.93. The fraction of sp³-hybridized carbons (Fsp3) is 0.316. The largest absolute Gasteiger partial charge is 0.322 e. The fourth-order valence-corrected chi connectivity index (χ4v) is 2.80. The van der Waals surface area contributed by atoms with Gasteiger partial charge in [-0.2, -0.15) is 0 Å². The molecule has 2 N–H and O–H groups in total. The van der Waals surface area contributed by atoms with E-state index >= 15 is 0 Å². The third-order valence-corrected chi connectivity index (χ3v) is 4.35. The zero-order chi connectivity index (χ0) is 15.7. The molecule has 0 aliphatic carbocycles. The van der Waals surface area contributed by atoms with Crippen LogP contribution in [0.3, 0.4) is 0 Å². The molecule has 1 aromatic heterocycles. The maximum absolute atomic E-state index is 6.31. The van der Waals surface area contributed by atoms with Crippen molar-refractivity contribution in [3.05, 3.63) is 65.0 Å². The van der Waals surface area contributed by atoms with E-state index < -0.39 is 0 Å². The summed E-state index contributed by atoms with van der Waals surface area (Å²) in [6.45, 7) is 7.19. The summed E-state index contributed by atoms with van der Waals surface area (Å²) in [4.78, 5) is 4.82. The molecule has 3 heteroatoms. The van der Waals surface area contributed by atoms with Crippen LogP contribution >= 0.6 is 0 Å². The van der Waals surface area contributed by atoms with Crippen LogP contribution in [0.1, 0.15) is 41.9 Å². The van der Waals surface area contributed by atoms with Gasteiger partial charge >= 0.3 is 0 Å². The number of imidazole rings is 1. The van der Waals surface area contributed by atoms with Crippen LogP contribution in [0.15, 0.2) is 42.5 Å². The minimum absolute atomic E-state index is 0.0308. The van der Waals surface area contributed by atoms with Crippen LogP contribution in [0.5, 0.6) is 0 Å². The van der Waals surface area contributed by atoms with Crippen molar-refractivity contribution in [3.8, 4) is 0 Å². The number of aryl methyl sites for hydroxylation is 2. The molecule has 1 atom stereocenters. The first-order valence-electron chi connectivity index (χ1n) is 7.87. The Morgan fingerprint density at radius 2 is 1.77 bits per heavy atom. The van der Waals surface area contributed by atoms with Gasteiger partial charge in [0.2, 0.25) is 0 Å². The Morgan fingerprint density at radius 1 is 1.09 bits per heavy atom. The first-order chi connectivity index (χ1) is 10.6. The van der Waals surface area contributed by atoms with E-state index in [1.165, 1.54) is 22.2 Å². The van der Waals surface area contributed by atoms with Crippen LogP contribution in [0, 0.1) is 13.8 Å². The third kappa shape index (κ3) is 2.64. The lowest BCUT2D eigenvalue weighted by Crippen LogP contribution is -2.16. The predicted molar refractivity (Wildman–Crippen MR) is 92.0 cm³/mol. The van der Waals surface area contributed by atoms with Crippen LogP contribution in [0.25, 0.3) is 11.0 Å². The molecule has 0 amide bonds. The molecule has 114 valence electrons. The Bertz CT molecular complexity index is 787. The lowest BCUT2D eigenvalue weighted by Gasteiger charge is -2.13.